The summed E-state index contributed by atoms with van der Waals surface area (Å²) in [5, 5.41) is 12.8. The molecular formula is C20H25ClN2O3. The van der Waals surface area contributed by atoms with Crippen molar-refractivity contribution >= 4 is 23.2 Å². The minimum atomic E-state index is -0.240. The van der Waals surface area contributed by atoms with Gasteiger partial charge in [-0.15, -0.1) is 0 Å². The Balaban J connectivity index is 1.89. The highest BCUT2D eigenvalue weighted by Crippen LogP contribution is 2.35. The molecule has 0 aliphatic rings. The summed E-state index contributed by atoms with van der Waals surface area (Å²) >= 11 is 5.97. The molecule has 0 unspecified atom stereocenters. The first-order valence-corrected chi connectivity index (χ1v) is 9.18. The molecule has 0 aliphatic heterocycles. The fourth-order valence-corrected chi connectivity index (χ4v) is 2.86. The number of para-hydroxylation sites is 1. The first kappa shape index (κ1) is 19.9. The second kappa shape index (κ2) is 9.92. The summed E-state index contributed by atoms with van der Waals surface area (Å²) in [6.07, 6.45) is 0.818. The highest BCUT2D eigenvalue weighted by atomic mass is 35.5. The molecule has 2 rings (SSSR count). The van der Waals surface area contributed by atoms with Crippen LogP contribution in [0.5, 0.6) is 11.5 Å². The zero-order valence-corrected chi connectivity index (χ0v) is 15.9. The minimum Gasteiger partial charge on any atom is -0.503 e. The van der Waals surface area contributed by atoms with Crippen molar-refractivity contribution in [1.29, 1.82) is 0 Å². The van der Waals surface area contributed by atoms with Gasteiger partial charge in [-0.05, 0) is 44.5 Å². The zero-order valence-electron chi connectivity index (χ0n) is 15.2. The van der Waals surface area contributed by atoms with Gasteiger partial charge in [-0.1, -0.05) is 29.8 Å². The van der Waals surface area contributed by atoms with Crippen molar-refractivity contribution in [3.63, 3.8) is 0 Å². The molecule has 0 fully saturated rings. The van der Waals surface area contributed by atoms with Gasteiger partial charge in [0.05, 0.1) is 11.6 Å². The number of nitrogens with zero attached hydrogens (tertiary/aromatic N) is 1. The van der Waals surface area contributed by atoms with Gasteiger partial charge in [0, 0.05) is 30.9 Å². The lowest BCUT2D eigenvalue weighted by molar-refractivity contribution is 0.0953. The molecule has 0 saturated heterocycles. The SMILES string of the molecule is CCOc1cc(C(=O)NCCCN(CC)c2ccccc2)cc(Cl)c1O. The van der Waals surface area contributed by atoms with Gasteiger partial charge in [0.25, 0.3) is 5.91 Å². The van der Waals surface area contributed by atoms with E-state index in [4.69, 9.17) is 16.3 Å². The number of phenolic OH excluding ortho intramolecular Hbond substituents is 1. The number of anilines is 1. The van der Waals surface area contributed by atoms with E-state index in [1.54, 1.807) is 6.92 Å². The fourth-order valence-electron chi connectivity index (χ4n) is 2.65. The Morgan fingerprint density at radius 2 is 1.96 bits per heavy atom. The average Bonchev–Trinajstić information content (AvgIpc) is 2.66. The number of phenols is 1. The quantitative estimate of drug-likeness (QED) is 0.647. The van der Waals surface area contributed by atoms with Gasteiger partial charge in [-0.25, -0.2) is 0 Å². The average molecular weight is 377 g/mol. The van der Waals surface area contributed by atoms with Crippen LogP contribution in [0.4, 0.5) is 5.69 Å². The molecular weight excluding hydrogens is 352 g/mol. The Hall–Kier alpha value is -2.40. The number of hydrogen-bond acceptors (Lipinski definition) is 4. The van der Waals surface area contributed by atoms with Crippen molar-refractivity contribution in [2.75, 3.05) is 31.1 Å². The molecule has 140 valence electrons. The number of aromatic hydroxyl groups is 1. The first-order valence-electron chi connectivity index (χ1n) is 8.80. The number of rotatable bonds is 9. The summed E-state index contributed by atoms with van der Waals surface area (Å²) < 4.78 is 5.31. The lowest BCUT2D eigenvalue weighted by atomic mass is 10.2. The van der Waals surface area contributed by atoms with E-state index in [1.165, 1.54) is 17.8 Å². The summed E-state index contributed by atoms with van der Waals surface area (Å²) in [6, 6.07) is 13.1. The molecule has 0 aromatic heterocycles. The molecule has 5 nitrogen and oxygen atoms in total. The van der Waals surface area contributed by atoms with Gasteiger partial charge in [-0.3, -0.25) is 4.79 Å². The topological polar surface area (TPSA) is 61.8 Å². The van der Waals surface area contributed by atoms with Crippen LogP contribution in [0.25, 0.3) is 0 Å². The molecule has 0 saturated carbocycles. The number of amides is 1. The minimum absolute atomic E-state index is 0.0994. The monoisotopic (exact) mass is 376 g/mol. The highest BCUT2D eigenvalue weighted by Gasteiger charge is 2.14. The van der Waals surface area contributed by atoms with Crippen LogP contribution in [0, 0.1) is 0 Å². The molecule has 1 amide bonds. The number of halogens is 1. The van der Waals surface area contributed by atoms with Crippen molar-refractivity contribution in [2.24, 2.45) is 0 Å². The Labute approximate surface area is 159 Å². The van der Waals surface area contributed by atoms with Crippen molar-refractivity contribution in [1.82, 2.24) is 5.32 Å². The van der Waals surface area contributed by atoms with E-state index in [-0.39, 0.29) is 22.4 Å². The molecule has 0 spiro atoms. The lowest BCUT2D eigenvalue weighted by Gasteiger charge is -2.23. The van der Waals surface area contributed by atoms with E-state index in [9.17, 15) is 9.90 Å². The fraction of sp³-hybridized carbons (Fsp3) is 0.350. The van der Waals surface area contributed by atoms with E-state index in [1.807, 2.05) is 18.2 Å². The number of carbonyl (C=O) groups excluding carboxylic acids is 1. The Morgan fingerprint density at radius 3 is 2.62 bits per heavy atom. The molecule has 2 aromatic rings. The summed E-state index contributed by atoms with van der Waals surface area (Å²) in [4.78, 5) is 14.6. The van der Waals surface area contributed by atoms with Crippen molar-refractivity contribution in [2.45, 2.75) is 20.3 Å². The Bertz CT molecular complexity index is 722. The van der Waals surface area contributed by atoms with Crippen LogP contribution in [-0.2, 0) is 0 Å². The van der Waals surface area contributed by atoms with Crippen LogP contribution in [-0.4, -0.2) is 37.3 Å². The molecule has 0 bridgehead atoms. The predicted octanol–water partition coefficient (Wildman–Crippen LogP) is 4.09. The van der Waals surface area contributed by atoms with Gasteiger partial charge < -0.3 is 20.1 Å². The van der Waals surface area contributed by atoms with Gasteiger partial charge in [-0.2, -0.15) is 0 Å². The van der Waals surface area contributed by atoms with E-state index in [0.29, 0.717) is 18.7 Å². The molecule has 0 aliphatic carbocycles. The van der Waals surface area contributed by atoms with E-state index in [0.717, 1.165) is 19.5 Å². The third-order valence-corrected chi connectivity index (χ3v) is 4.27. The summed E-state index contributed by atoms with van der Waals surface area (Å²) in [7, 11) is 0. The highest BCUT2D eigenvalue weighted by molar-refractivity contribution is 6.32. The molecule has 6 heteroatoms. The van der Waals surface area contributed by atoms with E-state index >= 15 is 0 Å². The number of carbonyl (C=O) groups is 1. The first-order chi connectivity index (χ1) is 12.6. The van der Waals surface area contributed by atoms with E-state index < -0.39 is 0 Å². The van der Waals surface area contributed by atoms with Gasteiger partial charge in [0.1, 0.15) is 0 Å². The van der Waals surface area contributed by atoms with Crippen LogP contribution in [0.1, 0.15) is 30.6 Å². The van der Waals surface area contributed by atoms with E-state index in [2.05, 4.69) is 29.3 Å². The molecule has 0 radical (unpaired) electrons. The van der Waals surface area contributed by atoms with Crippen LogP contribution >= 0.6 is 11.6 Å². The smallest absolute Gasteiger partial charge is 0.251 e. The van der Waals surface area contributed by atoms with Gasteiger partial charge in [0.15, 0.2) is 11.5 Å². The second-order valence-electron chi connectivity index (χ2n) is 5.76. The standard InChI is InChI=1S/C20H25ClN2O3/c1-3-23(16-9-6-5-7-10-16)12-8-11-22-20(25)15-13-17(21)19(24)18(14-15)26-4-2/h5-7,9-10,13-14,24H,3-4,8,11-12H2,1-2H3,(H,22,25). The van der Waals surface area contributed by atoms with Gasteiger partial charge in [0.2, 0.25) is 0 Å². The number of nitrogens with one attached hydrogen (secondary N) is 1. The van der Waals surface area contributed by atoms with Crippen LogP contribution in [0.2, 0.25) is 5.02 Å². The zero-order chi connectivity index (χ0) is 18.9. The number of benzene rings is 2. The lowest BCUT2D eigenvalue weighted by Crippen LogP contribution is -2.30. The van der Waals surface area contributed by atoms with Crippen LogP contribution < -0.4 is 15.0 Å². The molecule has 2 aromatic carbocycles. The maximum Gasteiger partial charge on any atom is 0.251 e. The van der Waals surface area contributed by atoms with Gasteiger partial charge >= 0.3 is 0 Å². The maximum atomic E-state index is 12.3. The number of hydrogen-bond donors (Lipinski definition) is 2. The van der Waals surface area contributed by atoms with Crippen molar-refractivity contribution in [3.8, 4) is 11.5 Å². The van der Waals surface area contributed by atoms with Crippen molar-refractivity contribution < 1.29 is 14.6 Å². The largest absolute Gasteiger partial charge is 0.503 e. The summed E-state index contributed by atoms with van der Waals surface area (Å²) in [5.41, 5.74) is 1.54. The van der Waals surface area contributed by atoms with Crippen LogP contribution in [0.15, 0.2) is 42.5 Å². The van der Waals surface area contributed by atoms with Crippen molar-refractivity contribution in [3.05, 3.63) is 53.1 Å². The summed E-state index contributed by atoms with van der Waals surface area (Å²) in [5.74, 6) is -0.173. The summed E-state index contributed by atoms with van der Waals surface area (Å²) in [6.45, 7) is 6.59. The maximum absolute atomic E-state index is 12.3. The molecule has 2 N–H and O–H groups in total. The van der Waals surface area contributed by atoms with Crippen LogP contribution in [0.3, 0.4) is 0 Å². The normalized spacial score (nSPS) is 10.4. The third-order valence-electron chi connectivity index (χ3n) is 3.98. The Kier molecular flexibility index (Phi) is 7.60. The molecule has 0 heterocycles. The third kappa shape index (κ3) is 5.30. The second-order valence-corrected chi connectivity index (χ2v) is 6.17. The number of ether oxygens (including phenoxy) is 1. The predicted molar refractivity (Wildman–Crippen MR) is 106 cm³/mol. The molecule has 0 atom stereocenters. The molecule has 26 heavy (non-hydrogen) atoms. The Morgan fingerprint density at radius 1 is 1.23 bits per heavy atom.